The summed E-state index contributed by atoms with van der Waals surface area (Å²) < 4.78 is 19.1. The number of aliphatic carboxylic acids is 7. The van der Waals surface area contributed by atoms with E-state index in [-0.39, 0.29) is 36.0 Å². The third kappa shape index (κ3) is 23.2. The number of nitrogens with one attached hydrogen (secondary N) is 5. The van der Waals surface area contributed by atoms with Crippen LogP contribution in [0.25, 0.3) is 0 Å². The number of carbonyl (C=O) groups excluding carboxylic acids is 3. The molecule has 1 fully saturated rings. The first-order valence-electron chi connectivity index (χ1n) is 22.5. The van der Waals surface area contributed by atoms with Crippen molar-refractivity contribution in [2.75, 3.05) is 68.0 Å². The molecular formula is C44H59AsN8O19S2. The molecule has 27 nitrogen and oxygen atoms in total. The van der Waals surface area contributed by atoms with E-state index in [1.807, 2.05) is 0 Å². The predicted molar refractivity (Wildman–Crippen MR) is 268 cm³/mol. The number of amides is 3. The van der Waals surface area contributed by atoms with Crippen LogP contribution in [-0.4, -0.2) is 226 Å². The molecule has 3 amide bonds. The number of hydrogen-bond donors (Lipinski definition) is 14. The van der Waals surface area contributed by atoms with Crippen LogP contribution < -0.4 is 30.9 Å². The Labute approximate surface area is 437 Å². The van der Waals surface area contributed by atoms with Crippen LogP contribution in [-0.2, 0) is 54.4 Å². The zero-order valence-electron chi connectivity index (χ0n) is 39.5. The molecule has 14 N–H and O–H groups in total. The summed E-state index contributed by atoms with van der Waals surface area (Å²) in [7, 11) is 0. The summed E-state index contributed by atoms with van der Waals surface area (Å²) in [5.41, 5.74) is 1.18. The summed E-state index contributed by atoms with van der Waals surface area (Å²) in [4.78, 5) is 126. The number of thioether (sulfide) groups is 1. The van der Waals surface area contributed by atoms with Gasteiger partial charge in [0.1, 0.15) is 12.6 Å². The third-order valence-electron chi connectivity index (χ3n) is 11.2. The average molecular weight is 1140 g/mol. The molecule has 3 rings (SSSR count). The van der Waals surface area contributed by atoms with Gasteiger partial charge < -0.3 is 46.4 Å². The number of rotatable bonds is 33. The molecule has 0 bridgehead atoms. The summed E-state index contributed by atoms with van der Waals surface area (Å²) in [5, 5.41) is 80.1. The van der Waals surface area contributed by atoms with Gasteiger partial charge in [-0.25, -0.2) is 4.79 Å². The Balaban J connectivity index is 1.71. The Morgan fingerprint density at radius 3 is 1.66 bits per heavy atom. The van der Waals surface area contributed by atoms with Gasteiger partial charge in [0.2, 0.25) is 0 Å². The fraction of sp³-hybridized carbons (Fsp3) is 0.477. The molecule has 2 aromatic carbocycles. The standard InChI is InChI=1S/C44H59AsN8O19S2/c54-34(49-31(42(68)46-16-36(56)57)23-74-24-35(55)47-27-11-7-26(8-12-27)45(71)72)14-13-30(43(69)70)50-44(73)48-28-9-5-25(6-10-28)15-29(51(18-37(58)59)19-38(60)61)17-52(20-39(62)63)32-3-1-2-4-33(32)53(21-40(64)65)22-41(66)67/h5-12,29-33,71-72H,1-4,13-24H2,(H,46,68)(H,47,55)(H,49,54)(H,56,57)(H,58,59)(H,60,61)(H,62,63)(H,64,65)(H,66,67)(H,69,70)(H2,48,50,73)/t29-,30+,31+,32?,33+/m1/s1. The van der Waals surface area contributed by atoms with Gasteiger partial charge in [0.15, 0.2) is 5.11 Å². The quantitative estimate of drug-likeness (QED) is 0.0259. The molecular weight excluding hydrogens is 1080 g/mol. The Morgan fingerprint density at radius 2 is 1.15 bits per heavy atom. The Morgan fingerprint density at radius 1 is 0.635 bits per heavy atom. The van der Waals surface area contributed by atoms with Crippen molar-refractivity contribution < 1.29 is 91.9 Å². The van der Waals surface area contributed by atoms with Gasteiger partial charge in [-0.2, -0.15) is 0 Å². The van der Waals surface area contributed by atoms with E-state index < -0.39 is 151 Å². The first kappa shape index (κ1) is 61.8. The van der Waals surface area contributed by atoms with Gasteiger partial charge in [-0.1, -0.05) is 25.0 Å². The predicted octanol–water partition coefficient (Wildman–Crippen LogP) is -2.50. The maximum atomic E-state index is 13.0. The minimum absolute atomic E-state index is 0.0417. The van der Waals surface area contributed by atoms with Crippen molar-refractivity contribution in [1.29, 1.82) is 0 Å². The monoisotopic (exact) mass is 1140 g/mol. The van der Waals surface area contributed by atoms with Crippen LogP contribution in [0.15, 0.2) is 48.5 Å². The molecule has 1 unspecified atom stereocenters. The Hall–Kier alpha value is -6.46. The van der Waals surface area contributed by atoms with E-state index in [0.29, 0.717) is 47.0 Å². The van der Waals surface area contributed by atoms with E-state index in [1.54, 1.807) is 12.1 Å². The van der Waals surface area contributed by atoms with Gasteiger partial charge in [-0.05, 0) is 55.6 Å². The van der Waals surface area contributed by atoms with Gasteiger partial charge >= 0.3 is 172 Å². The van der Waals surface area contributed by atoms with Crippen LogP contribution >= 0.6 is 24.0 Å². The van der Waals surface area contributed by atoms with Crippen molar-refractivity contribution in [3.63, 3.8) is 0 Å². The number of anilines is 2. The number of thiocarbonyl (C=S) groups is 1. The second-order valence-electron chi connectivity index (χ2n) is 16.8. The molecule has 1 aliphatic carbocycles. The number of carboxylic acids is 7. The zero-order valence-corrected chi connectivity index (χ0v) is 43.0. The van der Waals surface area contributed by atoms with Crippen molar-refractivity contribution in [1.82, 2.24) is 30.7 Å². The second kappa shape index (κ2) is 31.3. The molecule has 74 heavy (non-hydrogen) atoms. The first-order valence-corrected chi connectivity index (χ1v) is 26.7. The zero-order chi connectivity index (χ0) is 55.1. The number of hydrogen-bond acceptors (Lipinski definition) is 17. The molecule has 0 radical (unpaired) electrons. The molecule has 1 aliphatic rings. The van der Waals surface area contributed by atoms with Crippen LogP contribution in [0.1, 0.15) is 44.1 Å². The Bertz CT molecular complexity index is 2280. The van der Waals surface area contributed by atoms with Crippen molar-refractivity contribution in [3.05, 3.63) is 54.1 Å². The topological polar surface area (TPSA) is 423 Å². The summed E-state index contributed by atoms with van der Waals surface area (Å²) in [6.07, 6.45) is 0.967. The van der Waals surface area contributed by atoms with Crippen molar-refractivity contribution in [3.8, 4) is 0 Å². The van der Waals surface area contributed by atoms with Crippen LogP contribution in [0, 0.1) is 0 Å². The minimum Gasteiger partial charge on any atom is -0.480 e. The van der Waals surface area contributed by atoms with E-state index in [9.17, 15) is 86.8 Å². The molecule has 0 spiro atoms. The number of nitrogens with zero attached hydrogens (tertiary/aromatic N) is 3. The van der Waals surface area contributed by atoms with Gasteiger partial charge in [0.25, 0.3) is 0 Å². The van der Waals surface area contributed by atoms with Gasteiger partial charge in [0, 0.05) is 36.8 Å². The summed E-state index contributed by atoms with van der Waals surface area (Å²) in [5.74, 6) is -12.0. The SMILES string of the molecule is O=C(O)CNC(=O)[C@H](CSCC(=O)Nc1ccc([As](O)O)cc1)NC(=O)CC[C@H](NC(=S)Nc1ccc(C[C@H](CN(CC(=O)O)C2CCCC[C@@H]2N(CC(=O)O)CC(=O)O)N(CC(=O)O)CC(=O)O)cc1)C(=O)O. The fourth-order valence-corrected chi connectivity index (χ4v) is 10.0. The van der Waals surface area contributed by atoms with E-state index in [4.69, 9.17) is 17.3 Å². The van der Waals surface area contributed by atoms with Crippen molar-refractivity contribution in [2.24, 2.45) is 0 Å². The Kier molecular flexibility index (Phi) is 26.2. The normalized spacial score (nSPS) is 15.6. The third-order valence-corrected chi connectivity index (χ3v) is 14.0. The first-order chi connectivity index (χ1) is 34.9. The van der Waals surface area contributed by atoms with Crippen LogP contribution in [0.4, 0.5) is 11.4 Å². The van der Waals surface area contributed by atoms with Crippen molar-refractivity contribution >= 4 is 120 Å². The molecule has 0 aromatic heterocycles. The molecule has 5 atom stereocenters. The molecule has 0 aliphatic heterocycles. The van der Waals surface area contributed by atoms with E-state index >= 15 is 0 Å². The molecule has 30 heteroatoms. The summed E-state index contributed by atoms with van der Waals surface area (Å²) in [6.45, 7) is -4.45. The summed E-state index contributed by atoms with van der Waals surface area (Å²) >= 11 is 3.17. The molecule has 0 heterocycles. The van der Waals surface area contributed by atoms with Crippen molar-refractivity contribution in [2.45, 2.75) is 75.2 Å². The molecule has 2 aromatic rings. The number of carboxylic acid groups (broad SMARTS) is 7. The van der Waals surface area contributed by atoms with Gasteiger partial charge in [-0.3, -0.25) is 48.3 Å². The van der Waals surface area contributed by atoms with E-state index in [0.717, 1.165) is 16.7 Å². The second-order valence-corrected chi connectivity index (χ2v) is 20.6. The minimum atomic E-state index is -3.10. The fourth-order valence-electron chi connectivity index (χ4n) is 8.05. The van der Waals surface area contributed by atoms with E-state index in [1.165, 1.54) is 46.2 Å². The van der Waals surface area contributed by atoms with E-state index in [2.05, 4.69) is 26.6 Å². The summed E-state index contributed by atoms with van der Waals surface area (Å²) in [6, 6.07) is 6.79. The van der Waals surface area contributed by atoms with Crippen LogP contribution in [0.2, 0.25) is 0 Å². The average Bonchev–Trinajstić information content (AvgIpc) is 3.30. The molecule has 0 saturated heterocycles. The maximum absolute atomic E-state index is 13.0. The number of carbonyl (C=O) groups is 10. The smallest absolute Gasteiger partial charge is 0.480 e. The van der Waals surface area contributed by atoms with Crippen LogP contribution in [0.5, 0.6) is 0 Å². The van der Waals surface area contributed by atoms with Crippen LogP contribution in [0.3, 0.4) is 0 Å². The van der Waals surface area contributed by atoms with Gasteiger partial charge in [0.05, 0.1) is 32.7 Å². The molecule has 406 valence electrons. The molecule has 1 saturated carbocycles. The van der Waals surface area contributed by atoms with Gasteiger partial charge in [-0.15, -0.1) is 0 Å². The number of benzene rings is 2.